The normalized spacial score (nSPS) is 12.1. The Morgan fingerprint density at radius 2 is 2.20 bits per heavy atom. The second-order valence-corrected chi connectivity index (χ2v) is 4.65. The highest BCUT2D eigenvalue weighted by Gasteiger charge is 2.32. The summed E-state index contributed by atoms with van der Waals surface area (Å²) < 4.78 is 5.24. The lowest BCUT2D eigenvalue weighted by Gasteiger charge is -2.14. The molecule has 84 valence electrons. The van der Waals surface area contributed by atoms with Gasteiger partial charge in [-0.1, -0.05) is 13.8 Å². The molecule has 0 bridgehead atoms. The number of carboxylic acid groups (broad SMARTS) is 1. The van der Waals surface area contributed by atoms with E-state index in [2.05, 4.69) is 18.8 Å². The van der Waals surface area contributed by atoms with Gasteiger partial charge < -0.3 is 9.52 Å². The maximum absolute atomic E-state index is 11.0. The molecule has 1 heterocycles. The highest BCUT2D eigenvalue weighted by atomic mass is 16.4. The van der Waals surface area contributed by atoms with Crippen LogP contribution in [0.4, 0.5) is 0 Å². The van der Waals surface area contributed by atoms with Crippen LogP contribution >= 0.6 is 0 Å². The summed E-state index contributed by atoms with van der Waals surface area (Å²) in [5, 5.41) is 9.00. The molecule has 0 radical (unpaired) electrons. The van der Waals surface area contributed by atoms with E-state index in [1.54, 1.807) is 13.8 Å². The van der Waals surface area contributed by atoms with E-state index in [1.165, 1.54) is 6.26 Å². The molecular formula is C11H17NO3. The zero-order chi connectivity index (χ0) is 11.6. The van der Waals surface area contributed by atoms with Crippen LogP contribution in [0.2, 0.25) is 0 Å². The molecule has 0 aliphatic heterocycles. The van der Waals surface area contributed by atoms with Gasteiger partial charge in [-0.05, 0) is 19.8 Å². The first-order valence-corrected chi connectivity index (χ1v) is 5.02. The van der Waals surface area contributed by atoms with Crippen LogP contribution in [-0.4, -0.2) is 16.1 Å². The topological polar surface area (TPSA) is 63.3 Å². The van der Waals surface area contributed by atoms with Crippen molar-refractivity contribution < 1.29 is 14.3 Å². The van der Waals surface area contributed by atoms with E-state index in [4.69, 9.17) is 9.52 Å². The van der Waals surface area contributed by atoms with Crippen molar-refractivity contribution in [3.8, 4) is 0 Å². The van der Waals surface area contributed by atoms with Crippen molar-refractivity contribution in [2.75, 3.05) is 0 Å². The molecule has 4 heteroatoms. The molecule has 0 aromatic carbocycles. The third kappa shape index (κ3) is 2.58. The van der Waals surface area contributed by atoms with Crippen LogP contribution in [-0.2, 0) is 16.6 Å². The number of aliphatic carboxylic acids is 1. The number of carbonyl (C=O) groups is 1. The fourth-order valence-electron chi connectivity index (χ4n) is 1.15. The minimum Gasteiger partial charge on any atom is -0.481 e. The smallest absolute Gasteiger partial charge is 0.315 e. The Hall–Kier alpha value is -1.32. The second-order valence-electron chi connectivity index (χ2n) is 4.65. The number of hydrogen-bond acceptors (Lipinski definition) is 3. The van der Waals surface area contributed by atoms with Gasteiger partial charge in [0.2, 0.25) is 0 Å². The number of rotatable bonds is 4. The van der Waals surface area contributed by atoms with Gasteiger partial charge >= 0.3 is 5.97 Å². The molecule has 0 spiro atoms. The van der Waals surface area contributed by atoms with Gasteiger partial charge in [0.1, 0.15) is 11.7 Å². The quantitative estimate of drug-likeness (QED) is 0.829. The van der Waals surface area contributed by atoms with Gasteiger partial charge in [0.15, 0.2) is 5.89 Å². The molecule has 0 saturated heterocycles. The van der Waals surface area contributed by atoms with E-state index in [-0.39, 0.29) is 0 Å². The third-order valence-electron chi connectivity index (χ3n) is 2.31. The highest BCUT2D eigenvalue weighted by Crippen LogP contribution is 2.23. The fraction of sp³-hybridized carbons (Fsp3) is 0.636. The van der Waals surface area contributed by atoms with Crippen molar-refractivity contribution in [1.29, 1.82) is 0 Å². The Morgan fingerprint density at radius 3 is 2.67 bits per heavy atom. The molecule has 0 fully saturated rings. The van der Waals surface area contributed by atoms with E-state index in [1.807, 2.05) is 0 Å². The molecule has 1 aromatic rings. The monoisotopic (exact) mass is 211 g/mol. The van der Waals surface area contributed by atoms with Crippen molar-refractivity contribution in [2.24, 2.45) is 5.92 Å². The lowest BCUT2D eigenvalue weighted by Crippen LogP contribution is -2.28. The van der Waals surface area contributed by atoms with Crippen molar-refractivity contribution in [2.45, 2.75) is 39.5 Å². The summed E-state index contributed by atoms with van der Waals surface area (Å²) in [4.78, 5) is 15.2. The van der Waals surface area contributed by atoms with Crippen LogP contribution in [0, 0.1) is 5.92 Å². The first-order chi connectivity index (χ1) is 6.84. The Morgan fingerprint density at radius 1 is 1.60 bits per heavy atom. The van der Waals surface area contributed by atoms with Crippen LogP contribution in [0.5, 0.6) is 0 Å². The molecular weight excluding hydrogens is 194 g/mol. The summed E-state index contributed by atoms with van der Waals surface area (Å²) >= 11 is 0. The minimum absolute atomic E-state index is 0.449. The molecule has 0 amide bonds. The standard InChI is InChI=1S/C11H17NO3/c1-7(2)5-9-12-8(6-15-9)11(3,4)10(13)14/h6-7H,5H2,1-4H3,(H,13,14). The van der Waals surface area contributed by atoms with Gasteiger partial charge in [0.25, 0.3) is 0 Å². The largest absolute Gasteiger partial charge is 0.481 e. The zero-order valence-electron chi connectivity index (χ0n) is 9.57. The molecule has 1 aromatic heterocycles. The number of aromatic nitrogens is 1. The lowest BCUT2D eigenvalue weighted by atomic mass is 9.90. The van der Waals surface area contributed by atoms with Gasteiger partial charge in [-0.15, -0.1) is 0 Å². The molecule has 0 unspecified atom stereocenters. The van der Waals surface area contributed by atoms with Crippen LogP contribution in [0.25, 0.3) is 0 Å². The van der Waals surface area contributed by atoms with Crippen molar-refractivity contribution in [3.63, 3.8) is 0 Å². The van der Waals surface area contributed by atoms with Crippen LogP contribution < -0.4 is 0 Å². The maximum atomic E-state index is 11.0. The predicted molar refractivity (Wildman–Crippen MR) is 55.7 cm³/mol. The predicted octanol–water partition coefficient (Wildman–Crippen LogP) is 2.24. The second kappa shape index (κ2) is 4.04. The number of oxazole rings is 1. The Kier molecular flexibility index (Phi) is 3.17. The lowest BCUT2D eigenvalue weighted by molar-refractivity contribution is -0.142. The highest BCUT2D eigenvalue weighted by molar-refractivity contribution is 5.79. The summed E-state index contributed by atoms with van der Waals surface area (Å²) in [6, 6.07) is 0. The molecule has 15 heavy (non-hydrogen) atoms. The van der Waals surface area contributed by atoms with Gasteiger partial charge in [0, 0.05) is 6.42 Å². The minimum atomic E-state index is -0.987. The molecule has 0 saturated carbocycles. The first kappa shape index (κ1) is 11.8. The summed E-state index contributed by atoms with van der Waals surface area (Å²) in [6.45, 7) is 7.36. The number of hydrogen-bond donors (Lipinski definition) is 1. The molecule has 4 nitrogen and oxygen atoms in total. The average molecular weight is 211 g/mol. The Bertz CT molecular complexity index is 352. The molecule has 1 rings (SSSR count). The summed E-state index contributed by atoms with van der Waals surface area (Å²) in [5.41, 5.74) is -0.510. The van der Waals surface area contributed by atoms with Gasteiger partial charge in [-0.2, -0.15) is 0 Å². The van der Waals surface area contributed by atoms with Crippen LogP contribution in [0.1, 0.15) is 39.3 Å². The average Bonchev–Trinajstić information content (AvgIpc) is 2.51. The van der Waals surface area contributed by atoms with Crippen LogP contribution in [0.15, 0.2) is 10.7 Å². The first-order valence-electron chi connectivity index (χ1n) is 5.02. The SMILES string of the molecule is CC(C)Cc1nc(C(C)(C)C(=O)O)co1. The van der Waals surface area contributed by atoms with E-state index in [0.717, 1.165) is 6.42 Å². The number of carboxylic acids is 1. The molecule has 0 aliphatic rings. The Labute approximate surface area is 89.3 Å². The van der Waals surface area contributed by atoms with E-state index in [0.29, 0.717) is 17.5 Å². The van der Waals surface area contributed by atoms with E-state index >= 15 is 0 Å². The summed E-state index contributed by atoms with van der Waals surface area (Å²) in [5.74, 6) is 0.158. The van der Waals surface area contributed by atoms with Gasteiger partial charge in [-0.25, -0.2) is 4.98 Å². The van der Waals surface area contributed by atoms with E-state index < -0.39 is 11.4 Å². The fourth-order valence-corrected chi connectivity index (χ4v) is 1.15. The van der Waals surface area contributed by atoms with Crippen LogP contribution in [0.3, 0.4) is 0 Å². The van der Waals surface area contributed by atoms with Crippen molar-refractivity contribution in [1.82, 2.24) is 4.98 Å². The van der Waals surface area contributed by atoms with Gasteiger partial charge in [-0.3, -0.25) is 4.79 Å². The Balaban J connectivity index is 2.89. The van der Waals surface area contributed by atoms with Crippen molar-refractivity contribution >= 4 is 5.97 Å². The zero-order valence-corrected chi connectivity index (χ0v) is 9.57. The molecule has 0 aliphatic carbocycles. The number of nitrogens with zero attached hydrogens (tertiary/aromatic N) is 1. The summed E-state index contributed by atoms with van der Waals surface area (Å²) in [7, 11) is 0. The maximum Gasteiger partial charge on any atom is 0.315 e. The molecule has 0 atom stereocenters. The van der Waals surface area contributed by atoms with E-state index in [9.17, 15) is 4.79 Å². The van der Waals surface area contributed by atoms with Crippen molar-refractivity contribution in [3.05, 3.63) is 17.8 Å². The van der Waals surface area contributed by atoms with Gasteiger partial charge in [0.05, 0.1) is 5.69 Å². The molecule has 1 N–H and O–H groups in total. The third-order valence-corrected chi connectivity index (χ3v) is 2.31. The summed E-state index contributed by atoms with van der Waals surface area (Å²) in [6.07, 6.45) is 2.17.